The number of amides is 1. The lowest BCUT2D eigenvalue weighted by Gasteiger charge is -2.15. The summed E-state index contributed by atoms with van der Waals surface area (Å²) in [5.74, 6) is -0.383. The van der Waals surface area contributed by atoms with E-state index in [0.717, 1.165) is 0 Å². The van der Waals surface area contributed by atoms with Crippen LogP contribution in [0.15, 0.2) is 0 Å². The number of carbonyl (C=O) groups is 2. The van der Waals surface area contributed by atoms with Gasteiger partial charge in [0.15, 0.2) is 0 Å². The molecule has 0 rings (SSSR count). The number of carboxylic acid groups (broad SMARTS) is 1. The molecule has 82 valence electrons. The highest BCUT2D eigenvalue weighted by molar-refractivity contribution is 5.76. The highest BCUT2D eigenvalue weighted by atomic mass is 16.5. The Bertz CT molecular complexity index is 203. The minimum Gasteiger partial charge on any atom is -0.480 e. The number of rotatable bonds is 5. The van der Waals surface area contributed by atoms with Crippen LogP contribution in [0.25, 0.3) is 0 Å². The number of hydrogen-bond donors (Lipinski definition) is 2. The Hall–Kier alpha value is -1.26. The van der Waals surface area contributed by atoms with Crippen molar-refractivity contribution in [1.82, 2.24) is 5.32 Å². The SMILES string of the molecule is CC(C)C(C)COC(=O)NCC(=O)O. The molecule has 0 saturated carbocycles. The van der Waals surface area contributed by atoms with Gasteiger partial charge in [0.2, 0.25) is 0 Å². The normalized spacial score (nSPS) is 12.3. The van der Waals surface area contributed by atoms with Crippen molar-refractivity contribution in [3.05, 3.63) is 0 Å². The molecule has 0 spiro atoms. The van der Waals surface area contributed by atoms with Crippen molar-refractivity contribution in [2.75, 3.05) is 13.2 Å². The van der Waals surface area contributed by atoms with Gasteiger partial charge in [-0.15, -0.1) is 0 Å². The molecule has 0 fully saturated rings. The Morgan fingerprint density at radius 2 is 1.93 bits per heavy atom. The van der Waals surface area contributed by atoms with Crippen LogP contribution in [0.3, 0.4) is 0 Å². The van der Waals surface area contributed by atoms with Crippen LogP contribution in [-0.2, 0) is 9.53 Å². The molecule has 1 unspecified atom stereocenters. The average Bonchev–Trinajstić information content (AvgIpc) is 2.10. The van der Waals surface area contributed by atoms with Gasteiger partial charge in [0.25, 0.3) is 0 Å². The number of ether oxygens (including phenoxy) is 1. The highest BCUT2D eigenvalue weighted by Gasteiger charge is 2.10. The first-order valence-corrected chi connectivity index (χ1v) is 4.56. The lowest BCUT2D eigenvalue weighted by atomic mass is 10.00. The van der Waals surface area contributed by atoms with E-state index in [0.29, 0.717) is 12.5 Å². The minimum absolute atomic E-state index is 0.269. The molecule has 1 amide bonds. The van der Waals surface area contributed by atoms with E-state index >= 15 is 0 Å². The molecule has 5 nitrogen and oxygen atoms in total. The number of carbonyl (C=O) groups excluding carboxylic acids is 1. The maximum atomic E-state index is 10.9. The van der Waals surface area contributed by atoms with E-state index in [1.165, 1.54) is 0 Å². The van der Waals surface area contributed by atoms with Crippen LogP contribution in [0.4, 0.5) is 4.79 Å². The predicted octanol–water partition coefficient (Wildman–Crippen LogP) is 1.09. The summed E-state index contributed by atoms with van der Waals surface area (Å²) < 4.78 is 4.80. The van der Waals surface area contributed by atoms with Gasteiger partial charge in [-0.3, -0.25) is 4.79 Å². The van der Waals surface area contributed by atoms with Gasteiger partial charge < -0.3 is 15.2 Å². The first-order valence-electron chi connectivity index (χ1n) is 4.56. The third-order valence-electron chi connectivity index (χ3n) is 2.00. The largest absolute Gasteiger partial charge is 0.480 e. The number of nitrogens with one attached hydrogen (secondary N) is 1. The lowest BCUT2D eigenvalue weighted by molar-refractivity contribution is -0.135. The number of alkyl carbamates (subject to hydrolysis) is 1. The molecule has 0 aromatic heterocycles. The number of carboxylic acids is 1. The molecular weight excluding hydrogens is 186 g/mol. The Labute approximate surface area is 83.4 Å². The zero-order chi connectivity index (χ0) is 11.1. The second-order valence-electron chi connectivity index (χ2n) is 3.57. The second kappa shape index (κ2) is 6.23. The standard InChI is InChI=1S/C9H17NO4/c1-6(2)7(3)5-14-9(13)10-4-8(11)12/h6-7H,4-5H2,1-3H3,(H,10,13)(H,11,12). The highest BCUT2D eigenvalue weighted by Crippen LogP contribution is 2.09. The van der Waals surface area contributed by atoms with Crippen molar-refractivity contribution in [1.29, 1.82) is 0 Å². The summed E-state index contributed by atoms with van der Waals surface area (Å²) in [7, 11) is 0. The lowest BCUT2D eigenvalue weighted by Crippen LogP contribution is -2.31. The summed E-state index contributed by atoms with van der Waals surface area (Å²) in [6.07, 6.45) is -0.681. The van der Waals surface area contributed by atoms with Gasteiger partial charge in [0.05, 0.1) is 6.61 Å². The van der Waals surface area contributed by atoms with Crippen molar-refractivity contribution in [2.24, 2.45) is 11.8 Å². The molecule has 0 radical (unpaired) electrons. The fourth-order valence-corrected chi connectivity index (χ4v) is 0.598. The van der Waals surface area contributed by atoms with E-state index in [2.05, 4.69) is 5.32 Å². The Morgan fingerprint density at radius 1 is 1.36 bits per heavy atom. The third kappa shape index (κ3) is 6.28. The maximum absolute atomic E-state index is 10.9. The van der Waals surface area contributed by atoms with Crippen molar-refractivity contribution in [3.63, 3.8) is 0 Å². The van der Waals surface area contributed by atoms with Gasteiger partial charge in [0, 0.05) is 0 Å². The summed E-state index contributed by atoms with van der Waals surface area (Å²) in [5.41, 5.74) is 0. The van der Waals surface area contributed by atoms with Gasteiger partial charge in [-0.25, -0.2) is 4.79 Å². The van der Waals surface area contributed by atoms with Crippen LogP contribution in [0.5, 0.6) is 0 Å². The summed E-state index contributed by atoms with van der Waals surface area (Å²) in [6, 6.07) is 0. The van der Waals surface area contributed by atoms with Gasteiger partial charge in [0.1, 0.15) is 6.54 Å². The van der Waals surface area contributed by atoms with Crippen LogP contribution < -0.4 is 5.32 Å². The van der Waals surface area contributed by atoms with E-state index < -0.39 is 18.6 Å². The van der Waals surface area contributed by atoms with E-state index in [9.17, 15) is 9.59 Å². The van der Waals surface area contributed by atoms with Crippen molar-refractivity contribution in [2.45, 2.75) is 20.8 Å². The summed E-state index contributed by atoms with van der Waals surface area (Å²) in [5, 5.41) is 10.4. The van der Waals surface area contributed by atoms with Gasteiger partial charge in [-0.1, -0.05) is 20.8 Å². The molecule has 0 saturated heterocycles. The summed E-state index contributed by atoms with van der Waals surface area (Å²) in [4.78, 5) is 21.0. The molecule has 0 bridgehead atoms. The fourth-order valence-electron chi connectivity index (χ4n) is 0.598. The first kappa shape index (κ1) is 12.7. The molecule has 0 aromatic rings. The monoisotopic (exact) mass is 203 g/mol. The van der Waals surface area contributed by atoms with Crippen LogP contribution in [0.2, 0.25) is 0 Å². The third-order valence-corrected chi connectivity index (χ3v) is 2.00. The summed E-state index contributed by atoms with van der Waals surface area (Å²) in [6.45, 7) is 5.93. The Morgan fingerprint density at radius 3 is 2.36 bits per heavy atom. The van der Waals surface area contributed by atoms with Crippen molar-refractivity contribution >= 4 is 12.1 Å². The quantitative estimate of drug-likeness (QED) is 0.701. The van der Waals surface area contributed by atoms with Crippen LogP contribution in [0.1, 0.15) is 20.8 Å². The minimum atomic E-state index is -1.08. The molecule has 0 aliphatic carbocycles. The van der Waals surface area contributed by atoms with Gasteiger partial charge in [-0.2, -0.15) is 0 Å². The predicted molar refractivity (Wildman–Crippen MR) is 51.0 cm³/mol. The first-order chi connectivity index (χ1) is 6.43. The van der Waals surface area contributed by atoms with E-state index in [-0.39, 0.29) is 5.92 Å². The van der Waals surface area contributed by atoms with Crippen molar-refractivity contribution < 1.29 is 19.4 Å². The van der Waals surface area contributed by atoms with E-state index in [1.807, 2.05) is 20.8 Å². The molecule has 0 aliphatic rings. The van der Waals surface area contributed by atoms with Gasteiger partial charge in [-0.05, 0) is 11.8 Å². The van der Waals surface area contributed by atoms with E-state index in [4.69, 9.17) is 9.84 Å². The maximum Gasteiger partial charge on any atom is 0.407 e. The molecule has 1 atom stereocenters. The Kier molecular flexibility index (Phi) is 5.67. The molecule has 2 N–H and O–H groups in total. The average molecular weight is 203 g/mol. The van der Waals surface area contributed by atoms with Gasteiger partial charge >= 0.3 is 12.1 Å². The zero-order valence-corrected chi connectivity index (χ0v) is 8.74. The van der Waals surface area contributed by atoms with Crippen LogP contribution in [-0.4, -0.2) is 30.3 Å². The molecule has 0 aromatic carbocycles. The zero-order valence-electron chi connectivity index (χ0n) is 8.74. The fraction of sp³-hybridized carbons (Fsp3) is 0.778. The second-order valence-corrected chi connectivity index (χ2v) is 3.57. The smallest absolute Gasteiger partial charge is 0.407 e. The van der Waals surface area contributed by atoms with Crippen molar-refractivity contribution in [3.8, 4) is 0 Å². The van der Waals surface area contributed by atoms with E-state index in [1.54, 1.807) is 0 Å². The molecule has 0 heterocycles. The number of aliphatic carboxylic acids is 1. The molecule has 0 aliphatic heterocycles. The number of hydrogen-bond acceptors (Lipinski definition) is 3. The molecule has 14 heavy (non-hydrogen) atoms. The van der Waals surface area contributed by atoms with Crippen LogP contribution in [0, 0.1) is 11.8 Å². The van der Waals surface area contributed by atoms with Crippen LogP contribution >= 0.6 is 0 Å². The molecular formula is C9H17NO4. The summed E-state index contributed by atoms with van der Waals surface area (Å²) >= 11 is 0. The topological polar surface area (TPSA) is 75.6 Å². The molecule has 5 heteroatoms. The Balaban J connectivity index is 3.58.